The highest BCUT2D eigenvalue weighted by Crippen LogP contribution is 2.30. The van der Waals surface area contributed by atoms with Gasteiger partial charge < -0.3 is 4.98 Å². The highest BCUT2D eigenvalue weighted by atomic mass is 19.1. The van der Waals surface area contributed by atoms with E-state index in [1.54, 1.807) is 12.1 Å². The molecule has 0 unspecified atom stereocenters. The summed E-state index contributed by atoms with van der Waals surface area (Å²) in [5.41, 5.74) is 4.00. The number of halogens is 1. The van der Waals surface area contributed by atoms with Crippen LogP contribution in [0, 0.1) is 12.7 Å². The van der Waals surface area contributed by atoms with Crippen molar-refractivity contribution in [2.24, 2.45) is 0 Å². The van der Waals surface area contributed by atoms with Gasteiger partial charge in [0.1, 0.15) is 5.82 Å². The van der Waals surface area contributed by atoms with Gasteiger partial charge >= 0.3 is 0 Å². The first-order valence-electron chi connectivity index (χ1n) is 5.58. The Balaban J connectivity index is 2.36. The molecule has 0 atom stereocenters. The van der Waals surface area contributed by atoms with E-state index in [0.29, 0.717) is 0 Å². The van der Waals surface area contributed by atoms with Crippen LogP contribution < -0.4 is 0 Å². The standard InChI is InChI=1S/C15H12FN/c1-10-9-17-15-13(10)7-12(16)8-14(15)11-5-3-2-4-6-11/h2-9,17H,1H3. The smallest absolute Gasteiger partial charge is 0.124 e. The van der Waals surface area contributed by atoms with Crippen LogP contribution in [0.1, 0.15) is 5.56 Å². The van der Waals surface area contributed by atoms with Gasteiger partial charge in [-0.2, -0.15) is 0 Å². The van der Waals surface area contributed by atoms with Crippen LogP contribution in [-0.2, 0) is 0 Å². The Morgan fingerprint density at radius 1 is 1.06 bits per heavy atom. The molecule has 0 saturated carbocycles. The van der Waals surface area contributed by atoms with Crippen molar-refractivity contribution in [1.29, 1.82) is 0 Å². The fourth-order valence-electron chi connectivity index (χ4n) is 2.18. The van der Waals surface area contributed by atoms with Crippen molar-refractivity contribution >= 4 is 10.9 Å². The average Bonchev–Trinajstić information content (AvgIpc) is 2.72. The molecule has 0 saturated heterocycles. The second-order valence-electron chi connectivity index (χ2n) is 4.21. The summed E-state index contributed by atoms with van der Waals surface area (Å²) in [5, 5.41) is 0.948. The molecule has 0 fully saturated rings. The molecular formula is C15H12FN. The molecule has 2 aromatic carbocycles. The molecule has 3 rings (SSSR count). The molecule has 0 aliphatic carbocycles. The van der Waals surface area contributed by atoms with Gasteiger partial charge in [0.05, 0.1) is 5.52 Å². The Bertz CT molecular complexity index is 668. The Kier molecular flexibility index (Phi) is 2.22. The van der Waals surface area contributed by atoms with E-state index in [4.69, 9.17) is 0 Å². The number of hydrogen-bond donors (Lipinski definition) is 1. The van der Waals surface area contributed by atoms with E-state index in [0.717, 1.165) is 27.6 Å². The summed E-state index contributed by atoms with van der Waals surface area (Å²) in [7, 11) is 0. The van der Waals surface area contributed by atoms with Crippen molar-refractivity contribution < 1.29 is 4.39 Å². The third kappa shape index (κ3) is 1.62. The molecule has 0 spiro atoms. The molecule has 17 heavy (non-hydrogen) atoms. The lowest BCUT2D eigenvalue weighted by atomic mass is 10.0. The number of benzene rings is 2. The summed E-state index contributed by atoms with van der Waals surface area (Å²) >= 11 is 0. The van der Waals surface area contributed by atoms with Gasteiger partial charge in [-0.3, -0.25) is 0 Å². The van der Waals surface area contributed by atoms with Crippen LogP contribution in [0.2, 0.25) is 0 Å². The van der Waals surface area contributed by atoms with Crippen molar-refractivity contribution in [3.63, 3.8) is 0 Å². The number of H-pyrrole nitrogens is 1. The monoisotopic (exact) mass is 225 g/mol. The van der Waals surface area contributed by atoms with Crippen LogP contribution in [0.15, 0.2) is 48.7 Å². The predicted molar refractivity (Wildman–Crippen MR) is 68.4 cm³/mol. The fraction of sp³-hybridized carbons (Fsp3) is 0.0667. The molecule has 1 heterocycles. The van der Waals surface area contributed by atoms with E-state index in [1.165, 1.54) is 0 Å². The van der Waals surface area contributed by atoms with Crippen molar-refractivity contribution in [2.45, 2.75) is 6.92 Å². The molecule has 0 bridgehead atoms. The average molecular weight is 225 g/mol. The Morgan fingerprint density at radius 3 is 2.59 bits per heavy atom. The van der Waals surface area contributed by atoms with Gasteiger partial charge in [0, 0.05) is 17.1 Å². The van der Waals surface area contributed by atoms with Gasteiger partial charge in [0.2, 0.25) is 0 Å². The molecule has 0 radical (unpaired) electrons. The van der Waals surface area contributed by atoms with E-state index >= 15 is 0 Å². The summed E-state index contributed by atoms with van der Waals surface area (Å²) in [5.74, 6) is -0.195. The second-order valence-corrected chi connectivity index (χ2v) is 4.21. The molecule has 1 N–H and O–H groups in total. The summed E-state index contributed by atoms with van der Waals surface area (Å²) in [6.45, 7) is 1.98. The van der Waals surface area contributed by atoms with Crippen LogP contribution in [0.25, 0.3) is 22.0 Å². The lowest BCUT2D eigenvalue weighted by Crippen LogP contribution is -1.83. The Morgan fingerprint density at radius 2 is 1.82 bits per heavy atom. The third-order valence-corrected chi connectivity index (χ3v) is 3.05. The number of aryl methyl sites for hydroxylation is 1. The second kappa shape index (κ2) is 3.74. The lowest BCUT2D eigenvalue weighted by Gasteiger charge is -2.04. The fourth-order valence-corrected chi connectivity index (χ4v) is 2.18. The summed E-state index contributed by atoms with van der Waals surface area (Å²) in [4.78, 5) is 3.22. The zero-order chi connectivity index (χ0) is 11.8. The first-order chi connectivity index (χ1) is 8.25. The van der Waals surface area contributed by atoms with E-state index in [-0.39, 0.29) is 5.82 Å². The minimum Gasteiger partial charge on any atom is -0.360 e. The Labute approximate surface area is 98.9 Å². The minimum atomic E-state index is -0.195. The molecule has 0 aliphatic heterocycles. The molecule has 3 aromatic rings. The summed E-state index contributed by atoms with van der Waals surface area (Å²) < 4.78 is 13.6. The van der Waals surface area contributed by atoms with E-state index < -0.39 is 0 Å². The number of aromatic nitrogens is 1. The van der Waals surface area contributed by atoms with Gasteiger partial charge in [-0.15, -0.1) is 0 Å². The predicted octanol–water partition coefficient (Wildman–Crippen LogP) is 4.28. The van der Waals surface area contributed by atoms with Gasteiger partial charge in [0.25, 0.3) is 0 Å². The molecule has 0 aliphatic rings. The van der Waals surface area contributed by atoms with Gasteiger partial charge in [-0.1, -0.05) is 30.3 Å². The first kappa shape index (κ1) is 10.1. The van der Waals surface area contributed by atoms with Gasteiger partial charge in [0.15, 0.2) is 0 Å². The molecule has 1 nitrogen and oxygen atoms in total. The normalized spacial score (nSPS) is 10.9. The van der Waals surface area contributed by atoms with E-state index in [1.807, 2.05) is 43.5 Å². The number of rotatable bonds is 1. The van der Waals surface area contributed by atoms with Gasteiger partial charge in [-0.25, -0.2) is 4.39 Å². The zero-order valence-electron chi connectivity index (χ0n) is 9.50. The summed E-state index contributed by atoms with van der Waals surface area (Å²) in [6.07, 6.45) is 1.91. The molecule has 1 aromatic heterocycles. The maximum Gasteiger partial charge on any atom is 0.124 e. The van der Waals surface area contributed by atoms with E-state index in [9.17, 15) is 4.39 Å². The van der Waals surface area contributed by atoms with Crippen molar-refractivity contribution in [3.05, 3.63) is 60.0 Å². The topological polar surface area (TPSA) is 15.8 Å². The highest BCUT2D eigenvalue weighted by molar-refractivity contribution is 5.96. The number of hydrogen-bond acceptors (Lipinski definition) is 0. The van der Waals surface area contributed by atoms with Crippen LogP contribution in [0.4, 0.5) is 4.39 Å². The third-order valence-electron chi connectivity index (χ3n) is 3.05. The quantitative estimate of drug-likeness (QED) is 0.636. The van der Waals surface area contributed by atoms with Crippen molar-refractivity contribution in [1.82, 2.24) is 4.98 Å². The van der Waals surface area contributed by atoms with E-state index in [2.05, 4.69) is 4.98 Å². The first-order valence-corrected chi connectivity index (χ1v) is 5.58. The number of fused-ring (bicyclic) bond motifs is 1. The van der Waals surface area contributed by atoms with Crippen LogP contribution >= 0.6 is 0 Å². The minimum absolute atomic E-state index is 0.195. The molecular weight excluding hydrogens is 213 g/mol. The maximum absolute atomic E-state index is 13.6. The number of nitrogens with one attached hydrogen (secondary N) is 1. The maximum atomic E-state index is 13.6. The lowest BCUT2D eigenvalue weighted by molar-refractivity contribution is 0.630. The highest BCUT2D eigenvalue weighted by Gasteiger charge is 2.09. The largest absolute Gasteiger partial charge is 0.360 e. The molecule has 0 amide bonds. The van der Waals surface area contributed by atoms with Crippen LogP contribution in [0.5, 0.6) is 0 Å². The number of aromatic amines is 1. The van der Waals surface area contributed by atoms with Crippen LogP contribution in [-0.4, -0.2) is 4.98 Å². The summed E-state index contributed by atoms with van der Waals surface area (Å²) in [6, 6.07) is 13.0. The molecule has 2 heteroatoms. The van der Waals surface area contributed by atoms with Crippen molar-refractivity contribution in [3.8, 4) is 11.1 Å². The van der Waals surface area contributed by atoms with Crippen LogP contribution in [0.3, 0.4) is 0 Å². The van der Waals surface area contributed by atoms with Crippen molar-refractivity contribution in [2.75, 3.05) is 0 Å². The SMILES string of the molecule is Cc1c[nH]c2c(-c3ccccc3)cc(F)cc12. The molecule has 84 valence electrons. The van der Waals surface area contributed by atoms with Gasteiger partial charge in [-0.05, 0) is 30.2 Å². The zero-order valence-corrected chi connectivity index (χ0v) is 9.50. The Hall–Kier alpha value is -2.09.